The molecule has 5 aromatic rings. The predicted octanol–water partition coefficient (Wildman–Crippen LogP) is 5.43. The highest BCUT2D eigenvalue weighted by Gasteiger charge is 2.21. The van der Waals surface area contributed by atoms with E-state index in [4.69, 9.17) is 9.72 Å². The van der Waals surface area contributed by atoms with Gasteiger partial charge in [-0.25, -0.2) is 4.98 Å². The lowest BCUT2D eigenvalue weighted by Crippen LogP contribution is -2.25. The van der Waals surface area contributed by atoms with Crippen molar-refractivity contribution >= 4 is 16.5 Å². The molecule has 0 bridgehead atoms. The zero-order valence-corrected chi connectivity index (χ0v) is 21.6. The standard InChI is InChI=1S/C31H29N7O/c1-2-9-28-29(24(7-1)26-8-3-4-12-33-26)35-31(34-28)30-25-18-21(10-11-27(25)36-37-30)22-17-23(20-32-19-22)39-16-15-38-13-5-6-14-38/h1-4,7-8,10-12,17-20H,5-6,9,13-16H2,(H,34,35)(H,36,37). The van der Waals surface area contributed by atoms with Gasteiger partial charge in [0.15, 0.2) is 5.82 Å². The number of rotatable bonds is 7. The van der Waals surface area contributed by atoms with Crippen molar-refractivity contribution in [2.24, 2.45) is 0 Å². The second-order valence-electron chi connectivity index (χ2n) is 9.98. The van der Waals surface area contributed by atoms with Crippen molar-refractivity contribution in [3.63, 3.8) is 0 Å². The van der Waals surface area contributed by atoms with Gasteiger partial charge in [-0.15, -0.1) is 0 Å². The number of ether oxygens (including phenoxy) is 1. The molecule has 0 unspecified atom stereocenters. The van der Waals surface area contributed by atoms with Gasteiger partial charge in [0.1, 0.15) is 18.1 Å². The van der Waals surface area contributed by atoms with Gasteiger partial charge in [-0.2, -0.15) is 5.10 Å². The molecule has 0 spiro atoms. The number of fused-ring (bicyclic) bond motifs is 2. The van der Waals surface area contributed by atoms with Gasteiger partial charge in [0.2, 0.25) is 0 Å². The van der Waals surface area contributed by atoms with Crippen LogP contribution in [0.1, 0.15) is 29.9 Å². The minimum atomic E-state index is 0.670. The van der Waals surface area contributed by atoms with Crippen molar-refractivity contribution in [1.29, 1.82) is 0 Å². The Morgan fingerprint density at radius 3 is 2.82 bits per heavy atom. The molecule has 1 aliphatic heterocycles. The van der Waals surface area contributed by atoms with Crippen LogP contribution in [0.5, 0.6) is 5.75 Å². The van der Waals surface area contributed by atoms with Crippen LogP contribution in [0.2, 0.25) is 0 Å². The number of benzene rings is 1. The van der Waals surface area contributed by atoms with Crippen LogP contribution in [0.4, 0.5) is 0 Å². The van der Waals surface area contributed by atoms with Crippen molar-refractivity contribution in [2.75, 3.05) is 26.2 Å². The molecule has 7 rings (SSSR count). The maximum Gasteiger partial charge on any atom is 0.159 e. The second-order valence-corrected chi connectivity index (χ2v) is 9.98. The van der Waals surface area contributed by atoms with Gasteiger partial charge in [0.05, 0.1) is 23.1 Å². The zero-order chi connectivity index (χ0) is 26.0. The van der Waals surface area contributed by atoms with E-state index in [-0.39, 0.29) is 0 Å². The Hall–Kier alpha value is -4.56. The molecule has 1 fully saturated rings. The Morgan fingerprint density at radius 2 is 1.92 bits per heavy atom. The number of aromatic amines is 2. The van der Waals surface area contributed by atoms with Gasteiger partial charge in [-0.3, -0.25) is 20.0 Å². The number of aromatic nitrogens is 6. The second kappa shape index (κ2) is 10.3. The third-order valence-electron chi connectivity index (χ3n) is 7.40. The number of pyridine rings is 2. The third-order valence-corrected chi connectivity index (χ3v) is 7.40. The van der Waals surface area contributed by atoms with E-state index in [0.717, 1.165) is 74.9 Å². The third kappa shape index (κ3) is 4.75. The van der Waals surface area contributed by atoms with E-state index in [2.05, 4.69) is 72.5 Å². The van der Waals surface area contributed by atoms with Crippen LogP contribution >= 0.6 is 0 Å². The number of imidazole rings is 1. The van der Waals surface area contributed by atoms with Gasteiger partial charge in [-0.05, 0) is 61.8 Å². The maximum absolute atomic E-state index is 6.05. The first-order valence-electron chi connectivity index (χ1n) is 13.5. The van der Waals surface area contributed by atoms with Crippen LogP contribution in [-0.2, 0) is 6.42 Å². The topological polar surface area (TPSA) is 95.6 Å². The number of likely N-dealkylation sites (tertiary alicyclic amines) is 1. The lowest BCUT2D eigenvalue weighted by Gasteiger charge is -2.15. The van der Waals surface area contributed by atoms with E-state index in [0.29, 0.717) is 6.61 Å². The van der Waals surface area contributed by atoms with Crippen LogP contribution in [-0.4, -0.2) is 61.3 Å². The average molecular weight is 516 g/mol. The minimum absolute atomic E-state index is 0.670. The van der Waals surface area contributed by atoms with Gasteiger partial charge < -0.3 is 9.72 Å². The van der Waals surface area contributed by atoms with Crippen LogP contribution in [0.15, 0.2) is 79.3 Å². The molecule has 8 nitrogen and oxygen atoms in total. The molecule has 2 N–H and O–H groups in total. The SMILES string of the molecule is C1=CCc2[nH]c(-c3n[nH]c4ccc(-c5cncc(OCCN6CCCC6)c5)cc34)nc2C(c2ccccn2)=C1. The Balaban J connectivity index is 1.18. The van der Waals surface area contributed by atoms with Crippen molar-refractivity contribution in [1.82, 2.24) is 35.0 Å². The molecule has 1 saturated heterocycles. The maximum atomic E-state index is 6.05. The normalized spacial score (nSPS) is 15.3. The molecule has 1 aromatic carbocycles. The lowest BCUT2D eigenvalue weighted by atomic mass is 10.0. The molecule has 0 atom stereocenters. The fourth-order valence-electron chi connectivity index (χ4n) is 5.38. The van der Waals surface area contributed by atoms with Gasteiger partial charge in [-0.1, -0.05) is 30.4 Å². The molecule has 194 valence electrons. The highest BCUT2D eigenvalue weighted by molar-refractivity contribution is 5.95. The predicted molar refractivity (Wildman–Crippen MR) is 152 cm³/mol. The summed E-state index contributed by atoms with van der Waals surface area (Å²) in [6.45, 7) is 3.97. The summed E-state index contributed by atoms with van der Waals surface area (Å²) in [5.74, 6) is 1.52. The van der Waals surface area contributed by atoms with Crippen molar-refractivity contribution in [2.45, 2.75) is 19.3 Å². The summed E-state index contributed by atoms with van der Waals surface area (Å²) < 4.78 is 6.05. The molecule has 5 heterocycles. The summed E-state index contributed by atoms with van der Waals surface area (Å²) in [6.07, 6.45) is 15.1. The molecule has 0 radical (unpaired) electrons. The van der Waals surface area contributed by atoms with Crippen molar-refractivity contribution < 1.29 is 4.74 Å². The van der Waals surface area contributed by atoms with E-state index >= 15 is 0 Å². The van der Waals surface area contributed by atoms with E-state index in [1.807, 2.05) is 30.6 Å². The van der Waals surface area contributed by atoms with Crippen LogP contribution in [0.3, 0.4) is 0 Å². The van der Waals surface area contributed by atoms with E-state index in [9.17, 15) is 0 Å². The summed E-state index contributed by atoms with van der Waals surface area (Å²) in [5.41, 5.74) is 7.63. The summed E-state index contributed by atoms with van der Waals surface area (Å²) in [6, 6.07) is 14.3. The van der Waals surface area contributed by atoms with Gasteiger partial charge in [0.25, 0.3) is 0 Å². The van der Waals surface area contributed by atoms with E-state index in [1.165, 1.54) is 25.9 Å². The highest BCUT2D eigenvalue weighted by Crippen LogP contribution is 2.33. The first kappa shape index (κ1) is 23.5. The number of allylic oxidation sites excluding steroid dienone is 3. The molecule has 0 amide bonds. The zero-order valence-electron chi connectivity index (χ0n) is 21.6. The molecule has 8 heteroatoms. The summed E-state index contributed by atoms with van der Waals surface area (Å²) in [7, 11) is 0. The van der Waals surface area contributed by atoms with Gasteiger partial charge in [0, 0.05) is 47.6 Å². The Bertz CT molecular complexity index is 1680. The van der Waals surface area contributed by atoms with E-state index in [1.54, 1.807) is 6.20 Å². The molecule has 2 aliphatic rings. The number of nitrogens with one attached hydrogen (secondary N) is 2. The fourth-order valence-corrected chi connectivity index (χ4v) is 5.38. The molecular weight excluding hydrogens is 486 g/mol. The first-order chi connectivity index (χ1) is 19.3. The quantitative estimate of drug-likeness (QED) is 0.300. The first-order valence-corrected chi connectivity index (χ1v) is 13.5. The smallest absolute Gasteiger partial charge is 0.159 e. The Kier molecular flexibility index (Phi) is 6.22. The number of H-pyrrole nitrogens is 2. The van der Waals surface area contributed by atoms with Crippen LogP contribution in [0.25, 0.3) is 39.1 Å². The van der Waals surface area contributed by atoms with E-state index < -0.39 is 0 Å². The molecule has 39 heavy (non-hydrogen) atoms. The fraction of sp³-hybridized carbons (Fsp3) is 0.226. The molecule has 1 aliphatic carbocycles. The van der Waals surface area contributed by atoms with Crippen molar-refractivity contribution in [3.05, 3.63) is 96.4 Å². The largest absolute Gasteiger partial charge is 0.491 e. The highest BCUT2D eigenvalue weighted by atomic mass is 16.5. The van der Waals surface area contributed by atoms with Crippen LogP contribution < -0.4 is 4.74 Å². The van der Waals surface area contributed by atoms with Crippen LogP contribution in [0, 0.1) is 0 Å². The summed E-state index contributed by atoms with van der Waals surface area (Å²) >= 11 is 0. The van der Waals surface area contributed by atoms with Gasteiger partial charge >= 0.3 is 0 Å². The monoisotopic (exact) mass is 515 g/mol. The van der Waals surface area contributed by atoms with Crippen molar-refractivity contribution in [3.8, 4) is 28.4 Å². The summed E-state index contributed by atoms with van der Waals surface area (Å²) in [5, 5.41) is 8.81. The molecule has 4 aromatic heterocycles. The number of hydrogen-bond acceptors (Lipinski definition) is 6. The molecule has 0 saturated carbocycles. The Labute approximate surface area is 226 Å². The lowest BCUT2D eigenvalue weighted by molar-refractivity contribution is 0.237. The Morgan fingerprint density at radius 1 is 0.974 bits per heavy atom. The summed E-state index contributed by atoms with van der Waals surface area (Å²) in [4.78, 5) is 20.0. The minimum Gasteiger partial charge on any atom is -0.491 e. The molecular formula is C31H29N7O. The number of nitrogens with zero attached hydrogens (tertiary/aromatic N) is 5. The number of hydrogen-bond donors (Lipinski definition) is 2. The average Bonchev–Trinajstić information content (AvgIpc) is 3.72.